The Morgan fingerprint density at radius 3 is 2.22 bits per heavy atom. The van der Waals surface area contributed by atoms with Crippen LogP contribution < -0.4 is 0 Å². The largest absolute Gasteiger partial charge is 0.463 e. The molecule has 0 bridgehead atoms. The van der Waals surface area contributed by atoms with Gasteiger partial charge in [-0.1, -0.05) is 101 Å². The normalized spacial score (nSPS) is 18.4. The molecule has 1 fully saturated rings. The van der Waals surface area contributed by atoms with Crippen molar-refractivity contribution in [1.29, 1.82) is 0 Å². The molecule has 1 aromatic carbocycles. The van der Waals surface area contributed by atoms with Gasteiger partial charge in [0.2, 0.25) is 0 Å². The Labute approximate surface area is 195 Å². The van der Waals surface area contributed by atoms with E-state index in [1.807, 2.05) is 30.3 Å². The zero-order chi connectivity index (χ0) is 22.7. The van der Waals surface area contributed by atoms with Gasteiger partial charge in [-0.05, 0) is 32.1 Å². The molecule has 4 heteroatoms. The third kappa shape index (κ3) is 12.4. The van der Waals surface area contributed by atoms with Gasteiger partial charge in [0.15, 0.2) is 6.29 Å². The molecule has 180 valence electrons. The molecule has 0 saturated carbocycles. The molecule has 0 radical (unpaired) electrons. The zero-order valence-electron chi connectivity index (χ0n) is 20.1. The second-order valence-electron chi connectivity index (χ2n) is 8.85. The monoisotopic (exact) mass is 444 g/mol. The van der Waals surface area contributed by atoms with Crippen molar-refractivity contribution in [3.63, 3.8) is 0 Å². The molecule has 1 heterocycles. The van der Waals surface area contributed by atoms with Crippen molar-refractivity contribution in [1.82, 2.24) is 0 Å². The fourth-order valence-corrected chi connectivity index (χ4v) is 3.92. The molecule has 32 heavy (non-hydrogen) atoms. The number of carbonyl (C=O) groups excluding carboxylic acids is 1. The lowest BCUT2D eigenvalue weighted by Crippen LogP contribution is -2.20. The predicted molar refractivity (Wildman–Crippen MR) is 130 cm³/mol. The molecule has 0 aliphatic carbocycles. The number of rotatable bonds is 18. The summed E-state index contributed by atoms with van der Waals surface area (Å²) in [4.78, 5) is 12.0. The summed E-state index contributed by atoms with van der Waals surface area (Å²) in [5, 5.41) is 0. The van der Waals surface area contributed by atoms with Crippen LogP contribution in [0, 0.1) is 0 Å². The molecule has 4 nitrogen and oxygen atoms in total. The van der Waals surface area contributed by atoms with Crippen molar-refractivity contribution in [3.05, 3.63) is 48.0 Å². The van der Waals surface area contributed by atoms with Crippen molar-refractivity contribution < 1.29 is 19.0 Å². The van der Waals surface area contributed by atoms with Gasteiger partial charge in [0.1, 0.15) is 12.7 Å². The summed E-state index contributed by atoms with van der Waals surface area (Å²) in [6.07, 6.45) is 21.0. The number of esters is 1. The number of benzene rings is 1. The lowest BCUT2D eigenvalue weighted by atomic mass is 10.1. The molecule has 1 aliphatic rings. The Balaban J connectivity index is 1.36. The maximum atomic E-state index is 12.0. The lowest BCUT2D eigenvalue weighted by molar-refractivity contribution is -0.148. The smallest absolute Gasteiger partial charge is 0.305 e. The van der Waals surface area contributed by atoms with Crippen LogP contribution in [0.3, 0.4) is 0 Å². The molecule has 2 unspecified atom stereocenters. The molecule has 0 aromatic heterocycles. The fourth-order valence-electron chi connectivity index (χ4n) is 3.92. The highest BCUT2D eigenvalue weighted by molar-refractivity contribution is 5.69. The Bertz CT molecular complexity index is 613. The Hall–Kier alpha value is -1.65. The second-order valence-corrected chi connectivity index (χ2v) is 8.85. The summed E-state index contributed by atoms with van der Waals surface area (Å²) in [5.41, 5.74) is 0.995. The number of hydrogen-bond acceptors (Lipinski definition) is 4. The third-order valence-electron chi connectivity index (χ3n) is 5.89. The number of ether oxygens (including phenoxy) is 3. The first-order valence-corrected chi connectivity index (χ1v) is 12.9. The van der Waals surface area contributed by atoms with Gasteiger partial charge in [0.25, 0.3) is 0 Å². The predicted octanol–water partition coefficient (Wildman–Crippen LogP) is 7.68. The van der Waals surface area contributed by atoms with Crippen LogP contribution in [0.4, 0.5) is 0 Å². The van der Waals surface area contributed by atoms with Crippen LogP contribution in [0.15, 0.2) is 42.5 Å². The van der Waals surface area contributed by atoms with Gasteiger partial charge >= 0.3 is 5.97 Å². The highest BCUT2D eigenvalue weighted by Crippen LogP contribution is 2.26. The summed E-state index contributed by atoms with van der Waals surface area (Å²) in [7, 11) is 0. The standard InChI is InChI=1S/C28H44O4/c1-2-3-4-5-6-7-8-9-10-11-12-13-14-15-19-22-27(29)30-23-26-24-31-28(32-26)25-20-17-16-18-21-25/h9-10,16-18,20-21,26,28H,2-8,11-15,19,22-24H2,1H3/b10-9-. The van der Waals surface area contributed by atoms with E-state index < -0.39 is 0 Å². The SMILES string of the molecule is CCCCCCCC/C=C\CCCCCCCC(=O)OCC1COC(c2ccccc2)O1. The van der Waals surface area contributed by atoms with Crippen LogP contribution in [0.1, 0.15) is 109 Å². The van der Waals surface area contributed by atoms with Crippen LogP contribution in [0.5, 0.6) is 0 Å². The molecule has 2 atom stereocenters. The van der Waals surface area contributed by atoms with Gasteiger partial charge < -0.3 is 14.2 Å². The van der Waals surface area contributed by atoms with E-state index in [1.165, 1.54) is 70.6 Å². The van der Waals surface area contributed by atoms with Crippen LogP contribution in [0.25, 0.3) is 0 Å². The minimum absolute atomic E-state index is 0.130. The summed E-state index contributed by atoms with van der Waals surface area (Å²) in [6.45, 7) is 3.00. The number of unbranched alkanes of at least 4 members (excludes halogenated alkanes) is 11. The van der Waals surface area contributed by atoms with E-state index in [1.54, 1.807) is 0 Å². The van der Waals surface area contributed by atoms with E-state index in [4.69, 9.17) is 14.2 Å². The van der Waals surface area contributed by atoms with Gasteiger partial charge in [0, 0.05) is 12.0 Å². The van der Waals surface area contributed by atoms with Gasteiger partial charge in [-0.25, -0.2) is 0 Å². The van der Waals surface area contributed by atoms with E-state index in [-0.39, 0.29) is 25.0 Å². The summed E-state index contributed by atoms with van der Waals surface area (Å²) in [6, 6.07) is 9.84. The molecule has 0 N–H and O–H groups in total. The molecule has 0 amide bonds. The average Bonchev–Trinajstić information content (AvgIpc) is 3.30. The Morgan fingerprint density at radius 2 is 1.53 bits per heavy atom. The highest BCUT2D eigenvalue weighted by atomic mass is 16.7. The molecule has 1 saturated heterocycles. The third-order valence-corrected chi connectivity index (χ3v) is 5.89. The van der Waals surface area contributed by atoms with Crippen molar-refractivity contribution in [2.75, 3.05) is 13.2 Å². The first-order valence-electron chi connectivity index (χ1n) is 12.9. The van der Waals surface area contributed by atoms with Gasteiger partial charge in [-0.2, -0.15) is 0 Å². The lowest BCUT2D eigenvalue weighted by Gasteiger charge is -2.12. The van der Waals surface area contributed by atoms with Crippen LogP contribution in [-0.2, 0) is 19.0 Å². The van der Waals surface area contributed by atoms with Crippen LogP contribution >= 0.6 is 0 Å². The Kier molecular flexibility index (Phi) is 14.8. The molecule has 1 aliphatic heterocycles. The highest BCUT2D eigenvalue weighted by Gasteiger charge is 2.28. The molecular weight excluding hydrogens is 400 g/mol. The first-order chi connectivity index (χ1) is 15.8. The number of carbonyl (C=O) groups is 1. The second kappa shape index (κ2) is 17.9. The zero-order valence-corrected chi connectivity index (χ0v) is 20.1. The minimum Gasteiger partial charge on any atom is -0.463 e. The fraction of sp³-hybridized carbons (Fsp3) is 0.679. The van der Waals surface area contributed by atoms with E-state index >= 15 is 0 Å². The Morgan fingerprint density at radius 1 is 0.906 bits per heavy atom. The van der Waals surface area contributed by atoms with E-state index in [0.717, 1.165) is 18.4 Å². The van der Waals surface area contributed by atoms with Gasteiger partial charge in [0.05, 0.1) is 6.61 Å². The average molecular weight is 445 g/mol. The topological polar surface area (TPSA) is 44.8 Å². The number of hydrogen-bond donors (Lipinski definition) is 0. The van der Waals surface area contributed by atoms with Gasteiger partial charge in [-0.15, -0.1) is 0 Å². The summed E-state index contributed by atoms with van der Waals surface area (Å²) >= 11 is 0. The van der Waals surface area contributed by atoms with Gasteiger partial charge in [-0.3, -0.25) is 4.79 Å². The van der Waals surface area contributed by atoms with Crippen LogP contribution in [-0.4, -0.2) is 25.3 Å². The van der Waals surface area contributed by atoms with Crippen molar-refractivity contribution in [3.8, 4) is 0 Å². The van der Waals surface area contributed by atoms with E-state index in [0.29, 0.717) is 13.0 Å². The summed E-state index contributed by atoms with van der Waals surface area (Å²) in [5.74, 6) is -0.130. The molecular formula is C28H44O4. The first kappa shape index (κ1) is 26.6. The minimum atomic E-state index is -0.356. The number of allylic oxidation sites excluding steroid dienone is 2. The van der Waals surface area contributed by atoms with E-state index in [2.05, 4.69) is 19.1 Å². The molecule has 1 aromatic rings. The maximum absolute atomic E-state index is 12.0. The summed E-state index contributed by atoms with van der Waals surface area (Å²) < 4.78 is 16.9. The molecule has 0 spiro atoms. The van der Waals surface area contributed by atoms with Crippen molar-refractivity contribution in [2.24, 2.45) is 0 Å². The molecule has 2 rings (SSSR count). The van der Waals surface area contributed by atoms with E-state index in [9.17, 15) is 4.79 Å². The maximum Gasteiger partial charge on any atom is 0.305 e. The van der Waals surface area contributed by atoms with Crippen molar-refractivity contribution >= 4 is 5.97 Å². The van der Waals surface area contributed by atoms with Crippen LogP contribution in [0.2, 0.25) is 0 Å². The quantitative estimate of drug-likeness (QED) is 0.132. The van der Waals surface area contributed by atoms with Crippen molar-refractivity contribution in [2.45, 2.75) is 109 Å².